The second kappa shape index (κ2) is 12.1. The first-order chi connectivity index (χ1) is 10.8. The van der Waals surface area contributed by atoms with E-state index in [4.69, 9.17) is 14.4 Å². The summed E-state index contributed by atoms with van der Waals surface area (Å²) in [7, 11) is -4.02. The van der Waals surface area contributed by atoms with Crippen LogP contribution in [-0.2, 0) is 24.4 Å². The van der Waals surface area contributed by atoms with Gasteiger partial charge >= 0.3 is 11.9 Å². The highest BCUT2D eigenvalue weighted by Crippen LogP contribution is 2.15. The molecule has 1 unspecified atom stereocenters. The Hall–Kier alpha value is -1.41. The number of unbranched alkanes of at least 4 members (excludes halogenated alkanes) is 4. The number of carboxylic acid groups (broad SMARTS) is 1. The predicted molar refractivity (Wildman–Crippen MR) is 85.7 cm³/mol. The minimum absolute atomic E-state index is 0.115. The van der Waals surface area contributed by atoms with Crippen LogP contribution in [0.2, 0.25) is 0 Å². The van der Waals surface area contributed by atoms with Crippen LogP contribution in [0.1, 0.15) is 57.8 Å². The maximum absolute atomic E-state index is 11.1. The van der Waals surface area contributed by atoms with Gasteiger partial charge in [0.15, 0.2) is 0 Å². The number of carbonyl (C=O) groups excluding carboxylic acids is 1. The van der Waals surface area contributed by atoms with Crippen molar-refractivity contribution in [1.29, 1.82) is 0 Å². The summed E-state index contributed by atoms with van der Waals surface area (Å²) in [6.07, 6.45) is 5.70. The molecule has 0 aliphatic heterocycles. The van der Waals surface area contributed by atoms with E-state index >= 15 is 0 Å². The monoisotopic (exact) mass is 350 g/mol. The molecule has 0 amide bonds. The molecule has 0 aromatic rings. The fourth-order valence-corrected chi connectivity index (χ4v) is 2.89. The molecular formula is C15H26O7S. The van der Waals surface area contributed by atoms with Crippen molar-refractivity contribution in [3.8, 4) is 0 Å². The summed E-state index contributed by atoms with van der Waals surface area (Å²) < 4.78 is 36.2. The zero-order valence-corrected chi connectivity index (χ0v) is 14.1. The Bertz CT molecular complexity index is 470. The lowest BCUT2D eigenvalue weighted by molar-refractivity contribution is -0.147. The van der Waals surface area contributed by atoms with Gasteiger partial charge in [-0.3, -0.25) is 14.1 Å². The Labute approximate surface area is 137 Å². The molecule has 0 radical (unpaired) electrons. The first kappa shape index (κ1) is 21.6. The average molecular weight is 350 g/mol. The SMILES string of the molecule is C=CCC(CCCCCCCOC(=O)CCC(=O)O)S(=O)(=O)O. The molecule has 7 nitrogen and oxygen atoms in total. The third-order valence-electron chi connectivity index (χ3n) is 3.33. The molecule has 134 valence electrons. The van der Waals surface area contributed by atoms with E-state index in [0.29, 0.717) is 19.3 Å². The number of carboxylic acids is 1. The molecule has 0 aliphatic rings. The van der Waals surface area contributed by atoms with Crippen molar-refractivity contribution in [2.75, 3.05) is 6.61 Å². The lowest BCUT2D eigenvalue weighted by Crippen LogP contribution is -2.19. The van der Waals surface area contributed by atoms with Crippen LogP contribution in [0.3, 0.4) is 0 Å². The minimum atomic E-state index is -4.02. The summed E-state index contributed by atoms with van der Waals surface area (Å²) in [4.78, 5) is 21.4. The number of carbonyl (C=O) groups is 2. The number of aliphatic carboxylic acids is 1. The average Bonchev–Trinajstić information content (AvgIpc) is 2.45. The molecule has 1 atom stereocenters. The third-order valence-corrected chi connectivity index (χ3v) is 4.60. The number of hydrogen-bond acceptors (Lipinski definition) is 5. The normalized spacial score (nSPS) is 12.6. The van der Waals surface area contributed by atoms with E-state index in [1.54, 1.807) is 0 Å². The number of hydrogen-bond donors (Lipinski definition) is 2. The van der Waals surface area contributed by atoms with Crippen molar-refractivity contribution >= 4 is 22.1 Å². The molecule has 0 aromatic heterocycles. The molecule has 0 fully saturated rings. The summed E-state index contributed by atoms with van der Waals surface area (Å²) in [5.74, 6) is -1.53. The van der Waals surface area contributed by atoms with Crippen LogP contribution in [0, 0.1) is 0 Å². The highest BCUT2D eigenvalue weighted by molar-refractivity contribution is 7.86. The van der Waals surface area contributed by atoms with Gasteiger partial charge in [0.05, 0.1) is 24.7 Å². The van der Waals surface area contributed by atoms with E-state index < -0.39 is 27.3 Å². The van der Waals surface area contributed by atoms with E-state index in [1.807, 2.05) is 0 Å². The van der Waals surface area contributed by atoms with Crippen molar-refractivity contribution in [2.24, 2.45) is 0 Å². The van der Waals surface area contributed by atoms with Crippen LogP contribution in [0.25, 0.3) is 0 Å². The quantitative estimate of drug-likeness (QED) is 0.214. The van der Waals surface area contributed by atoms with E-state index in [1.165, 1.54) is 6.08 Å². The Morgan fingerprint density at radius 2 is 1.70 bits per heavy atom. The molecular weight excluding hydrogens is 324 g/mol. The smallest absolute Gasteiger partial charge is 0.306 e. The van der Waals surface area contributed by atoms with Crippen LogP contribution < -0.4 is 0 Å². The van der Waals surface area contributed by atoms with Gasteiger partial charge in [-0.05, 0) is 19.3 Å². The van der Waals surface area contributed by atoms with E-state index in [2.05, 4.69) is 6.58 Å². The first-order valence-electron chi connectivity index (χ1n) is 7.72. The first-order valence-corrected chi connectivity index (χ1v) is 9.22. The standard InChI is InChI=1S/C15H26O7S/c1-2-8-13(23(19,20)21)9-6-4-3-5-7-12-22-15(18)11-10-14(16)17/h2,13H,1,3-12H2,(H,16,17)(H,19,20,21). The van der Waals surface area contributed by atoms with E-state index in [0.717, 1.165) is 19.3 Å². The van der Waals surface area contributed by atoms with Crippen LogP contribution in [0.15, 0.2) is 12.7 Å². The van der Waals surface area contributed by atoms with Crippen molar-refractivity contribution in [2.45, 2.75) is 63.0 Å². The molecule has 0 saturated carbocycles. The summed E-state index contributed by atoms with van der Waals surface area (Å²) >= 11 is 0. The van der Waals surface area contributed by atoms with Crippen molar-refractivity contribution < 1.29 is 32.4 Å². The summed E-state index contributed by atoms with van der Waals surface area (Å²) in [6, 6.07) is 0. The van der Waals surface area contributed by atoms with Gasteiger partial charge in [0.25, 0.3) is 10.1 Å². The highest BCUT2D eigenvalue weighted by atomic mass is 32.2. The molecule has 0 heterocycles. The highest BCUT2D eigenvalue weighted by Gasteiger charge is 2.20. The Balaban J connectivity index is 3.60. The van der Waals surface area contributed by atoms with Gasteiger partial charge in [-0.2, -0.15) is 8.42 Å². The van der Waals surface area contributed by atoms with Crippen molar-refractivity contribution in [3.63, 3.8) is 0 Å². The maximum Gasteiger partial charge on any atom is 0.306 e. The fraction of sp³-hybridized carbons (Fsp3) is 0.733. The van der Waals surface area contributed by atoms with Gasteiger partial charge in [0.2, 0.25) is 0 Å². The molecule has 0 aromatic carbocycles. The van der Waals surface area contributed by atoms with Gasteiger partial charge < -0.3 is 9.84 Å². The number of allylic oxidation sites excluding steroid dienone is 1. The number of esters is 1. The van der Waals surface area contributed by atoms with Gasteiger partial charge in [0, 0.05) is 0 Å². The van der Waals surface area contributed by atoms with Crippen LogP contribution in [0.4, 0.5) is 0 Å². The Morgan fingerprint density at radius 1 is 1.09 bits per heavy atom. The molecule has 8 heteroatoms. The summed E-state index contributed by atoms with van der Waals surface area (Å²) in [5, 5.41) is 7.63. The Morgan fingerprint density at radius 3 is 2.26 bits per heavy atom. The van der Waals surface area contributed by atoms with Crippen molar-refractivity contribution in [1.82, 2.24) is 0 Å². The van der Waals surface area contributed by atoms with Crippen molar-refractivity contribution in [3.05, 3.63) is 12.7 Å². The largest absolute Gasteiger partial charge is 0.481 e. The van der Waals surface area contributed by atoms with Gasteiger partial charge in [-0.15, -0.1) is 6.58 Å². The van der Waals surface area contributed by atoms with Crippen LogP contribution >= 0.6 is 0 Å². The van der Waals surface area contributed by atoms with Gasteiger partial charge in [-0.1, -0.05) is 31.8 Å². The lowest BCUT2D eigenvalue weighted by atomic mass is 10.1. The number of rotatable bonds is 14. The third kappa shape index (κ3) is 12.8. The predicted octanol–water partition coefficient (Wildman–Crippen LogP) is 2.57. The molecule has 0 spiro atoms. The molecule has 0 saturated heterocycles. The second-order valence-corrected chi connectivity index (χ2v) is 7.03. The molecule has 0 aliphatic carbocycles. The zero-order valence-electron chi connectivity index (χ0n) is 13.3. The van der Waals surface area contributed by atoms with Crippen LogP contribution in [-0.4, -0.2) is 41.9 Å². The maximum atomic E-state index is 11.1. The fourth-order valence-electron chi connectivity index (χ4n) is 2.05. The molecule has 0 bridgehead atoms. The minimum Gasteiger partial charge on any atom is -0.481 e. The molecule has 2 N–H and O–H groups in total. The Kier molecular flexibility index (Phi) is 11.3. The second-order valence-electron chi connectivity index (χ2n) is 5.33. The summed E-state index contributed by atoms with van der Waals surface area (Å²) in [6.45, 7) is 3.75. The zero-order chi connectivity index (χ0) is 17.7. The lowest BCUT2D eigenvalue weighted by Gasteiger charge is -2.11. The molecule has 23 heavy (non-hydrogen) atoms. The van der Waals surface area contributed by atoms with Gasteiger partial charge in [-0.25, -0.2) is 0 Å². The van der Waals surface area contributed by atoms with E-state index in [-0.39, 0.29) is 25.9 Å². The number of ether oxygens (including phenoxy) is 1. The van der Waals surface area contributed by atoms with Crippen LogP contribution in [0.5, 0.6) is 0 Å². The molecule has 0 rings (SSSR count). The topological polar surface area (TPSA) is 118 Å². The van der Waals surface area contributed by atoms with Gasteiger partial charge in [0.1, 0.15) is 0 Å². The summed E-state index contributed by atoms with van der Waals surface area (Å²) in [5.41, 5.74) is 0. The van der Waals surface area contributed by atoms with E-state index in [9.17, 15) is 18.0 Å².